The van der Waals surface area contributed by atoms with Crippen LogP contribution in [-0.4, -0.2) is 0 Å². The van der Waals surface area contributed by atoms with E-state index in [0.717, 1.165) is 17.1 Å². The SMILES string of the molecule is CC1(C)c2ccccc2-c2c(-c3ccc(N(c4ccccc4)c4cccc(-c5ccccc5)c4-c4ccccc4-c4ccccc4)cc3)cccc21. The van der Waals surface area contributed by atoms with Gasteiger partial charge in [0.1, 0.15) is 0 Å². The summed E-state index contributed by atoms with van der Waals surface area (Å²) in [6.45, 7) is 4.69. The van der Waals surface area contributed by atoms with Crippen LogP contribution in [-0.2, 0) is 5.41 Å². The average Bonchev–Trinajstić information content (AvgIpc) is 3.45. The molecule has 0 atom stereocenters. The molecule has 0 radical (unpaired) electrons. The van der Waals surface area contributed by atoms with Gasteiger partial charge in [-0.15, -0.1) is 0 Å². The van der Waals surface area contributed by atoms with Crippen LogP contribution in [0.3, 0.4) is 0 Å². The molecular weight excluding hydrogens is 627 g/mol. The molecule has 0 N–H and O–H groups in total. The minimum atomic E-state index is -0.0395. The zero-order chi connectivity index (χ0) is 35.1. The summed E-state index contributed by atoms with van der Waals surface area (Å²) in [6, 6.07) is 72.7. The molecule has 1 heteroatoms. The van der Waals surface area contributed by atoms with Crippen molar-refractivity contribution in [1.29, 1.82) is 0 Å². The van der Waals surface area contributed by atoms with Gasteiger partial charge in [0.15, 0.2) is 0 Å². The summed E-state index contributed by atoms with van der Waals surface area (Å²) in [5, 5.41) is 0. The Morgan fingerprint density at radius 3 is 1.42 bits per heavy atom. The van der Waals surface area contributed by atoms with Gasteiger partial charge in [0, 0.05) is 22.4 Å². The van der Waals surface area contributed by atoms with Crippen molar-refractivity contribution in [2.24, 2.45) is 0 Å². The number of hydrogen-bond donors (Lipinski definition) is 0. The lowest BCUT2D eigenvalue weighted by Crippen LogP contribution is -2.14. The van der Waals surface area contributed by atoms with Crippen molar-refractivity contribution < 1.29 is 0 Å². The predicted octanol–water partition coefficient (Wildman–Crippen LogP) is 14.1. The average molecular weight is 666 g/mol. The molecule has 0 saturated carbocycles. The molecule has 0 aliphatic heterocycles. The van der Waals surface area contributed by atoms with E-state index in [0.29, 0.717) is 0 Å². The Bertz CT molecular complexity index is 2510. The zero-order valence-corrected chi connectivity index (χ0v) is 29.5. The molecule has 8 aromatic carbocycles. The topological polar surface area (TPSA) is 3.24 Å². The number of hydrogen-bond acceptors (Lipinski definition) is 1. The Morgan fingerprint density at radius 2 is 0.750 bits per heavy atom. The van der Waals surface area contributed by atoms with Crippen molar-refractivity contribution in [3.8, 4) is 55.6 Å². The van der Waals surface area contributed by atoms with Gasteiger partial charge in [-0.05, 0) is 91.5 Å². The molecule has 8 aromatic rings. The van der Waals surface area contributed by atoms with Crippen molar-refractivity contribution in [2.45, 2.75) is 19.3 Å². The predicted molar refractivity (Wildman–Crippen MR) is 220 cm³/mol. The lowest BCUT2D eigenvalue weighted by atomic mass is 9.82. The molecule has 1 aliphatic carbocycles. The standard InChI is InChI=1S/C51H39N/c1-51(2)46-29-15-14-26-45(46)49-42(27-16-30-47(49)51)38-32-34-40(35-33-38)52(39-22-10-5-11-23-39)48-31-17-28-43(37-20-8-4-9-21-37)50(48)44-25-13-12-24-41(44)36-18-6-3-7-19-36/h3-35H,1-2H3. The normalized spacial score (nSPS) is 12.6. The lowest BCUT2D eigenvalue weighted by Gasteiger charge is -2.30. The van der Waals surface area contributed by atoms with Gasteiger partial charge in [-0.2, -0.15) is 0 Å². The Morgan fingerprint density at radius 1 is 0.308 bits per heavy atom. The molecule has 0 aromatic heterocycles. The first-order valence-corrected chi connectivity index (χ1v) is 18.1. The largest absolute Gasteiger partial charge is 0.310 e. The molecule has 0 fully saturated rings. The number of rotatable bonds is 7. The van der Waals surface area contributed by atoms with Crippen molar-refractivity contribution in [1.82, 2.24) is 0 Å². The Labute approximate surface area is 307 Å². The van der Waals surface area contributed by atoms with Crippen LogP contribution in [0.2, 0.25) is 0 Å². The third-order valence-corrected chi connectivity index (χ3v) is 10.7. The third kappa shape index (κ3) is 5.34. The summed E-state index contributed by atoms with van der Waals surface area (Å²) in [7, 11) is 0. The summed E-state index contributed by atoms with van der Waals surface area (Å²) in [4.78, 5) is 2.42. The maximum atomic E-state index is 2.42. The number of fused-ring (bicyclic) bond motifs is 3. The first-order valence-electron chi connectivity index (χ1n) is 18.1. The van der Waals surface area contributed by atoms with Gasteiger partial charge in [-0.1, -0.05) is 184 Å². The van der Waals surface area contributed by atoms with Gasteiger partial charge in [-0.3, -0.25) is 0 Å². The Kier molecular flexibility index (Phi) is 7.90. The molecule has 1 nitrogen and oxygen atoms in total. The van der Waals surface area contributed by atoms with Gasteiger partial charge in [0.05, 0.1) is 5.69 Å². The van der Waals surface area contributed by atoms with Crippen LogP contribution in [0.25, 0.3) is 55.6 Å². The third-order valence-electron chi connectivity index (χ3n) is 10.7. The zero-order valence-electron chi connectivity index (χ0n) is 29.5. The molecule has 248 valence electrons. The maximum absolute atomic E-state index is 2.42. The Hall–Kier alpha value is -6.44. The number of benzene rings is 8. The molecule has 0 bridgehead atoms. The summed E-state index contributed by atoms with van der Waals surface area (Å²) < 4.78 is 0. The monoisotopic (exact) mass is 665 g/mol. The highest BCUT2D eigenvalue weighted by molar-refractivity contribution is 6.01. The smallest absolute Gasteiger partial charge is 0.0546 e. The second kappa shape index (κ2) is 13.0. The van der Waals surface area contributed by atoms with Crippen molar-refractivity contribution in [2.75, 3.05) is 4.90 Å². The lowest BCUT2D eigenvalue weighted by molar-refractivity contribution is 0.660. The van der Waals surface area contributed by atoms with Crippen LogP contribution in [0.1, 0.15) is 25.0 Å². The van der Waals surface area contributed by atoms with Crippen molar-refractivity contribution >= 4 is 17.1 Å². The molecule has 52 heavy (non-hydrogen) atoms. The van der Waals surface area contributed by atoms with Crippen LogP contribution < -0.4 is 4.90 Å². The van der Waals surface area contributed by atoms with E-state index < -0.39 is 0 Å². The van der Waals surface area contributed by atoms with E-state index in [2.05, 4.69) is 219 Å². The second-order valence-electron chi connectivity index (χ2n) is 14.1. The van der Waals surface area contributed by atoms with E-state index in [4.69, 9.17) is 0 Å². The minimum Gasteiger partial charge on any atom is -0.310 e. The van der Waals surface area contributed by atoms with Gasteiger partial charge in [-0.25, -0.2) is 0 Å². The summed E-state index contributed by atoms with van der Waals surface area (Å²) >= 11 is 0. The van der Waals surface area contributed by atoms with E-state index in [-0.39, 0.29) is 5.41 Å². The van der Waals surface area contributed by atoms with Gasteiger partial charge in [0.2, 0.25) is 0 Å². The molecule has 9 rings (SSSR count). The highest BCUT2D eigenvalue weighted by atomic mass is 15.1. The molecule has 0 heterocycles. The van der Waals surface area contributed by atoms with Crippen molar-refractivity contribution in [3.63, 3.8) is 0 Å². The first kappa shape index (κ1) is 31.5. The van der Waals surface area contributed by atoms with E-state index >= 15 is 0 Å². The molecule has 1 aliphatic rings. The highest BCUT2D eigenvalue weighted by Crippen LogP contribution is 2.52. The molecule has 0 spiro atoms. The summed E-state index contributed by atoms with van der Waals surface area (Å²) in [5.41, 5.74) is 18.4. The summed E-state index contributed by atoms with van der Waals surface area (Å²) in [5.74, 6) is 0. The summed E-state index contributed by atoms with van der Waals surface area (Å²) in [6.07, 6.45) is 0. The quantitative estimate of drug-likeness (QED) is 0.164. The van der Waals surface area contributed by atoms with Crippen molar-refractivity contribution in [3.05, 3.63) is 211 Å². The minimum absolute atomic E-state index is 0.0395. The number of para-hydroxylation sites is 1. The highest BCUT2D eigenvalue weighted by Gasteiger charge is 2.36. The van der Waals surface area contributed by atoms with Gasteiger partial charge >= 0.3 is 0 Å². The number of anilines is 3. The fraction of sp³-hybridized carbons (Fsp3) is 0.0588. The van der Waals surface area contributed by atoms with Gasteiger partial charge < -0.3 is 4.90 Å². The first-order chi connectivity index (χ1) is 25.6. The van der Waals surface area contributed by atoms with Crippen LogP contribution >= 0.6 is 0 Å². The Balaban J connectivity index is 1.25. The molecule has 0 unspecified atom stereocenters. The van der Waals surface area contributed by atoms with E-state index in [1.54, 1.807) is 0 Å². The fourth-order valence-electron chi connectivity index (χ4n) is 8.23. The fourth-order valence-corrected chi connectivity index (χ4v) is 8.23. The van der Waals surface area contributed by atoms with E-state index in [1.165, 1.54) is 66.8 Å². The second-order valence-corrected chi connectivity index (χ2v) is 14.1. The number of nitrogens with zero attached hydrogens (tertiary/aromatic N) is 1. The van der Waals surface area contributed by atoms with Gasteiger partial charge in [0.25, 0.3) is 0 Å². The van der Waals surface area contributed by atoms with E-state index in [9.17, 15) is 0 Å². The maximum Gasteiger partial charge on any atom is 0.0546 e. The van der Waals surface area contributed by atoms with Crippen LogP contribution in [0, 0.1) is 0 Å². The van der Waals surface area contributed by atoms with Crippen LogP contribution in [0.15, 0.2) is 200 Å². The molecule has 0 amide bonds. The van der Waals surface area contributed by atoms with Crippen LogP contribution in [0.4, 0.5) is 17.1 Å². The van der Waals surface area contributed by atoms with E-state index in [1.807, 2.05) is 0 Å². The van der Waals surface area contributed by atoms with Crippen LogP contribution in [0.5, 0.6) is 0 Å². The molecular formula is C51H39N. The molecule has 0 saturated heterocycles.